The van der Waals surface area contributed by atoms with E-state index in [-0.39, 0.29) is 17.9 Å². The van der Waals surface area contributed by atoms with Crippen LogP contribution in [0.3, 0.4) is 0 Å². The van der Waals surface area contributed by atoms with Gasteiger partial charge in [0, 0.05) is 23.5 Å². The molecule has 1 aliphatic carbocycles. The number of hydrogen-bond donors (Lipinski definition) is 1. The van der Waals surface area contributed by atoms with Gasteiger partial charge >= 0.3 is 6.03 Å². The third-order valence-electron chi connectivity index (χ3n) is 6.20. The van der Waals surface area contributed by atoms with Crippen LogP contribution in [-0.2, 0) is 11.4 Å². The number of amides is 3. The molecule has 1 aliphatic heterocycles. The summed E-state index contributed by atoms with van der Waals surface area (Å²) in [6.45, 7) is 2.98. The molecule has 2 atom stereocenters. The normalized spacial score (nSPS) is 22.2. The van der Waals surface area contributed by atoms with Gasteiger partial charge in [-0.15, -0.1) is 0 Å². The topological polar surface area (TPSA) is 71.5 Å². The van der Waals surface area contributed by atoms with Crippen molar-refractivity contribution in [2.24, 2.45) is 0 Å². The van der Waals surface area contributed by atoms with Crippen LogP contribution in [0.1, 0.15) is 43.4 Å². The third kappa shape index (κ3) is 3.42. The highest BCUT2D eigenvalue weighted by atomic mass is 16.5. The van der Waals surface area contributed by atoms with Crippen molar-refractivity contribution in [3.63, 3.8) is 0 Å². The van der Waals surface area contributed by atoms with E-state index in [0.29, 0.717) is 25.3 Å². The van der Waals surface area contributed by atoms with Gasteiger partial charge in [0.15, 0.2) is 0 Å². The van der Waals surface area contributed by atoms with Crippen LogP contribution in [0.2, 0.25) is 0 Å². The number of nitrogens with one attached hydrogen (secondary N) is 1. The van der Waals surface area contributed by atoms with E-state index < -0.39 is 5.54 Å². The second-order valence-electron chi connectivity index (χ2n) is 8.31. The number of benzene rings is 2. The Labute approximate surface area is 181 Å². The zero-order valence-corrected chi connectivity index (χ0v) is 17.5. The van der Waals surface area contributed by atoms with Gasteiger partial charge in [0.05, 0.1) is 0 Å². The minimum atomic E-state index is -0.828. The predicted octanol–water partition coefficient (Wildman–Crippen LogP) is 4.39. The average molecular weight is 415 g/mol. The maximum Gasteiger partial charge on any atom is 0.325 e. The Bertz CT molecular complexity index is 1150. The van der Waals surface area contributed by atoms with E-state index in [9.17, 15) is 9.59 Å². The van der Waals surface area contributed by atoms with E-state index in [1.807, 2.05) is 67.6 Å². The Hall–Kier alpha value is -3.41. The number of hydrogen-bond acceptors (Lipinski definition) is 4. The third-order valence-corrected chi connectivity index (χ3v) is 6.20. The molecule has 2 aliphatic rings. The van der Waals surface area contributed by atoms with E-state index in [1.54, 1.807) is 0 Å². The molecule has 0 radical (unpaired) electrons. The standard InChI is InChI=1S/C25H25N3O3/c1-2-3-14-28-23(29)25(27-24(28)30)15-19(25)20-13-12-18-10-7-11-21(22(18)26-20)31-16-17-8-5-4-6-9-17/h4-13,19H,2-3,14-16H2,1H3,(H,27,30). The fraction of sp³-hybridized carbons (Fsp3) is 0.320. The van der Waals surface area contributed by atoms with Crippen molar-refractivity contribution in [1.82, 2.24) is 15.2 Å². The van der Waals surface area contributed by atoms with E-state index in [2.05, 4.69) is 5.32 Å². The molecule has 6 heteroatoms. The van der Waals surface area contributed by atoms with Gasteiger partial charge in [0.2, 0.25) is 0 Å². The maximum atomic E-state index is 13.0. The summed E-state index contributed by atoms with van der Waals surface area (Å²) in [5.74, 6) is 0.484. The smallest absolute Gasteiger partial charge is 0.325 e. The van der Waals surface area contributed by atoms with Gasteiger partial charge < -0.3 is 10.1 Å². The van der Waals surface area contributed by atoms with Crippen LogP contribution in [0.4, 0.5) is 4.79 Å². The summed E-state index contributed by atoms with van der Waals surface area (Å²) >= 11 is 0. The molecule has 2 heterocycles. The molecule has 0 bridgehead atoms. The van der Waals surface area contributed by atoms with Crippen LogP contribution in [-0.4, -0.2) is 33.9 Å². The summed E-state index contributed by atoms with van der Waals surface area (Å²) < 4.78 is 6.07. The number of imide groups is 1. The fourth-order valence-corrected chi connectivity index (χ4v) is 4.34. The van der Waals surface area contributed by atoms with E-state index in [4.69, 9.17) is 9.72 Å². The minimum absolute atomic E-state index is 0.109. The number of nitrogens with zero attached hydrogens (tertiary/aromatic N) is 2. The lowest BCUT2D eigenvalue weighted by Crippen LogP contribution is -2.34. The fourth-order valence-electron chi connectivity index (χ4n) is 4.34. The first kappa shape index (κ1) is 19.5. The molecule has 158 valence electrons. The summed E-state index contributed by atoms with van der Waals surface area (Å²) in [6, 6.07) is 19.6. The highest BCUT2D eigenvalue weighted by Gasteiger charge is 2.68. The molecule has 2 aromatic carbocycles. The molecule has 2 fully saturated rings. The lowest BCUT2D eigenvalue weighted by atomic mass is 10.1. The lowest BCUT2D eigenvalue weighted by Gasteiger charge is -2.13. The molecule has 1 saturated heterocycles. The van der Waals surface area contributed by atoms with Crippen LogP contribution in [0.25, 0.3) is 10.9 Å². The number of carbonyl (C=O) groups is 2. The highest BCUT2D eigenvalue weighted by Crippen LogP contribution is 2.54. The van der Waals surface area contributed by atoms with Gasteiger partial charge in [-0.05, 0) is 30.5 Å². The summed E-state index contributed by atoms with van der Waals surface area (Å²) in [5.41, 5.74) is 1.85. The molecule has 6 nitrogen and oxygen atoms in total. The summed E-state index contributed by atoms with van der Waals surface area (Å²) in [4.78, 5) is 31.6. The molecule has 1 aromatic heterocycles. The number of urea groups is 1. The Morgan fingerprint density at radius 2 is 1.94 bits per heavy atom. The number of rotatable bonds is 7. The number of carbonyl (C=O) groups excluding carboxylic acids is 2. The number of unbranched alkanes of at least 4 members (excludes halogenated alkanes) is 1. The molecule has 1 N–H and O–H groups in total. The van der Waals surface area contributed by atoms with Gasteiger partial charge in [-0.1, -0.05) is 61.9 Å². The molecular formula is C25H25N3O3. The van der Waals surface area contributed by atoms with E-state index in [0.717, 1.165) is 35.0 Å². The second-order valence-corrected chi connectivity index (χ2v) is 8.31. The molecule has 5 rings (SSSR count). The first-order valence-corrected chi connectivity index (χ1v) is 10.8. The average Bonchev–Trinajstić information content (AvgIpc) is 3.47. The number of para-hydroxylation sites is 1. The molecule has 2 unspecified atom stereocenters. The van der Waals surface area contributed by atoms with E-state index >= 15 is 0 Å². The highest BCUT2D eigenvalue weighted by molar-refractivity contribution is 6.10. The molecule has 1 spiro atoms. The van der Waals surface area contributed by atoms with Crippen LogP contribution in [0.5, 0.6) is 5.75 Å². The van der Waals surface area contributed by atoms with Gasteiger partial charge in [0.1, 0.15) is 23.4 Å². The van der Waals surface area contributed by atoms with Crippen molar-refractivity contribution in [2.45, 2.75) is 44.2 Å². The number of fused-ring (bicyclic) bond motifs is 1. The Morgan fingerprint density at radius 3 is 2.74 bits per heavy atom. The van der Waals surface area contributed by atoms with Gasteiger partial charge in [-0.3, -0.25) is 9.69 Å². The monoisotopic (exact) mass is 415 g/mol. The maximum absolute atomic E-state index is 13.0. The molecule has 3 amide bonds. The van der Waals surface area contributed by atoms with Crippen molar-refractivity contribution in [3.05, 3.63) is 71.9 Å². The van der Waals surface area contributed by atoms with Crippen molar-refractivity contribution in [3.8, 4) is 5.75 Å². The zero-order valence-electron chi connectivity index (χ0n) is 17.5. The van der Waals surface area contributed by atoms with Crippen molar-refractivity contribution < 1.29 is 14.3 Å². The molecule has 3 aromatic rings. The summed E-state index contributed by atoms with van der Waals surface area (Å²) in [6.07, 6.45) is 2.34. The Kier molecular flexibility index (Phi) is 4.85. The van der Waals surface area contributed by atoms with Crippen molar-refractivity contribution in [1.29, 1.82) is 0 Å². The zero-order chi connectivity index (χ0) is 21.4. The second kappa shape index (κ2) is 7.69. The van der Waals surface area contributed by atoms with Crippen molar-refractivity contribution >= 4 is 22.8 Å². The van der Waals surface area contributed by atoms with Crippen LogP contribution < -0.4 is 10.1 Å². The Balaban J connectivity index is 1.39. The Morgan fingerprint density at radius 1 is 1.10 bits per heavy atom. The number of aromatic nitrogens is 1. The van der Waals surface area contributed by atoms with E-state index in [1.165, 1.54) is 4.90 Å². The first-order chi connectivity index (χ1) is 15.1. The largest absolute Gasteiger partial charge is 0.487 e. The number of pyridine rings is 1. The van der Waals surface area contributed by atoms with Gasteiger partial charge in [0.25, 0.3) is 5.91 Å². The van der Waals surface area contributed by atoms with Crippen LogP contribution >= 0.6 is 0 Å². The quantitative estimate of drug-likeness (QED) is 0.581. The van der Waals surface area contributed by atoms with Crippen LogP contribution in [0.15, 0.2) is 60.7 Å². The molecular weight excluding hydrogens is 390 g/mol. The predicted molar refractivity (Wildman–Crippen MR) is 118 cm³/mol. The molecule has 31 heavy (non-hydrogen) atoms. The summed E-state index contributed by atoms with van der Waals surface area (Å²) in [7, 11) is 0. The molecule has 1 saturated carbocycles. The minimum Gasteiger partial charge on any atom is -0.487 e. The number of ether oxygens (including phenoxy) is 1. The van der Waals surface area contributed by atoms with Gasteiger partial charge in [-0.25, -0.2) is 9.78 Å². The van der Waals surface area contributed by atoms with Crippen LogP contribution in [0, 0.1) is 0 Å². The van der Waals surface area contributed by atoms with Gasteiger partial charge in [-0.2, -0.15) is 0 Å². The summed E-state index contributed by atoms with van der Waals surface area (Å²) in [5, 5.41) is 3.92. The van der Waals surface area contributed by atoms with Crippen molar-refractivity contribution in [2.75, 3.05) is 6.54 Å². The SMILES string of the molecule is CCCCN1C(=O)NC2(CC2c2ccc3cccc(OCc4ccccc4)c3n2)C1=O. The first-order valence-electron chi connectivity index (χ1n) is 10.8. The lowest BCUT2D eigenvalue weighted by molar-refractivity contribution is -0.128.